The Kier molecular flexibility index (Phi) is 18.9. The third kappa shape index (κ3) is 12.8. The Morgan fingerprint density at radius 1 is 0.673 bits per heavy atom. The molecular weight excluding hydrogens is 614 g/mol. The molecule has 276 valence electrons. The summed E-state index contributed by atoms with van der Waals surface area (Å²) in [7, 11) is 0. The highest BCUT2D eigenvalue weighted by molar-refractivity contribution is 5.88. The Hall–Kier alpha value is -2.85. The first-order valence-corrected chi connectivity index (χ1v) is 19.3. The van der Waals surface area contributed by atoms with E-state index in [1.807, 2.05) is 18.2 Å². The SMILES string of the molecule is CCCCN(CC)CCOC1=C(c2nc3c(OCCCN(CC)CC)cc(OCCCN(CC)CC)cc3n2CCCC)C=CC(O)C=C1. The Bertz CT molecular complexity index is 1310. The van der Waals surface area contributed by atoms with Crippen LogP contribution < -0.4 is 9.47 Å². The smallest absolute Gasteiger partial charge is 0.150 e. The highest BCUT2D eigenvalue weighted by Gasteiger charge is 2.22. The molecule has 1 N–H and O–H groups in total. The number of ether oxygens (including phenoxy) is 3. The van der Waals surface area contributed by atoms with Crippen molar-refractivity contribution in [1.82, 2.24) is 24.3 Å². The Labute approximate surface area is 297 Å². The van der Waals surface area contributed by atoms with Gasteiger partial charge in [0.15, 0.2) is 5.75 Å². The number of hydrogen-bond acceptors (Lipinski definition) is 8. The number of aliphatic hydroxyl groups is 1. The molecule has 0 saturated carbocycles. The van der Waals surface area contributed by atoms with E-state index in [0.29, 0.717) is 19.8 Å². The monoisotopic (exact) mass is 682 g/mol. The summed E-state index contributed by atoms with van der Waals surface area (Å²) in [6.45, 7) is 27.1. The summed E-state index contributed by atoms with van der Waals surface area (Å²) in [5, 5.41) is 10.6. The summed E-state index contributed by atoms with van der Waals surface area (Å²) in [6.07, 6.45) is 13.1. The van der Waals surface area contributed by atoms with Crippen molar-refractivity contribution in [3.05, 3.63) is 48.0 Å². The molecule has 0 fully saturated rings. The van der Waals surface area contributed by atoms with E-state index in [2.05, 4.69) is 73.8 Å². The van der Waals surface area contributed by atoms with Crippen molar-refractivity contribution in [3.8, 4) is 11.5 Å². The van der Waals surface area contributed by atoms with Crippen LogP contribution in [0.25, 0.3) is 16.6 Å². The topological polar surface area (TPSA) is 75.5 Å². The summed E-state index contributed by atoms with van der Waals surface area (Å²) in [5.74, 6) is 3.09. The van der Waals surface area contributed by atoms with E-state index in [4.69, 9.17) is 19.2 Å². The van der Waals surface area contributed by atoms with Gasteiger partial charge in [-0.25, -0.2) is 4.98 Å². The predicted octanol–water partition coefficient (Wildman–Crippen LogP) is 7.39. The Balaban J connectivity index is 2.03. The largest absolute Gasteiger partial charge is 0.493 e. The van der Waals surface area contributed by atoms with Crippen LogP contribution in [0.5, 0.6) is 11.5 Å². The lowest BCUT2D eigenvalue weighted by molar-refractivity contribution is 0.167. The van der Waals surface area contributed by atoms with Gasteiger partial charge in [0.05, 0.1) is 30.4 Å². The number of benzene rings is 1. The third-order valence-corrected chi connectivity index (χ3v) is 9.43. The van der Waals surface area contributed by atoms with E-state index < -0.39 is 6.10 Å². The lowest BCUT2D eigenvalue weighted by atomic mass is 10.2. The van der Waals surface area contributed by atoms with Crippen LogP contribution in [-0.2, 0) is 11.3 Å². The number of nitrogens with zero attached hydrogens (tertiary/aromatic N) is 5. The van der Waals surface area contributed by atoms with Gasteiger partial charge in [-0.05, 0) is 83.2 Å². The third-order valence-electron chi connectivity index (χ3n) is 9.43. The minimum absolute atomic E-state index is 0.562. The van der Waals surface area contributed by atoms with Crippen LogP contribution in [0.1, 0.15) is 92.8 Å². The second kappa shape index (κ2) is 22.8. The van der Waals surface area contributed by atoms with Crippen LogP contribution in [0.15, 0.2) is 42.2 Å². The van der Waals surface area contributed by atoms with Crippen molar-refractivity contribution in [2.24, 2.45) is 0 Å². The van der Waals surface area contributed by atoms with Gasteiger partial charge in [0.25, 0.3) is 0 Å². The van der Waals surface area contributed by atoms with Gasteiger partial charge in [0.1, 0.15) is 29.5 Å². The summed E-state index contributed by atoms with van der Waals surface area (Å²) >= 11 is 0. The van der Waals surface area contributed by atoms with Crippen molar-refractivity contribution >= 4 is 16.6 Å². The quantitative estimate of drug-likeness (QED) is 0.103. The summed E-state index contributed by atoms with van der Waals surface area (Å²) in [6, 6.07) is 4.15. The van der Waals surface area contributed by atoms with E-state index in [-0.39, 0.29) is 0 Å². The number of aromatic nitrogens is 2. The molecular formula is C40H67N5O4. The van der Waals surface area contributed by atoms with Crippen LogP contribution in [0.3, 0.4) is 0 Å². The van der Waals surface area contributed by atoms with Crippen molar-refractivity contribution < 1.29 is 19.3 Å². The first kappa shape index (κ1) is 40.6. The van der Waals surface area contributed by atoms with Crippen molar-refractivity contribution in [2.45, 2.75) is 99.6 Å². The zero-order chi connectivity index (χ0) is 35.4. The van der Waals surface area contributed by atoms with E-state index in [0.717, 1.165) is 131 Å². The van der Waals surface area contributed by atoms with E-state index in [1.54, 1.807) is 12.2 Å². The summed E-state index contributed by atoms with van der Waals surface area (Å²) in [5.41, 5.74) is 2.69. The highest BCUT2D eigenvalue weighted by Crippen LogP contribution is 2.36. The zero-order valence-corrected chi connectivity index (χ0v) is 31.9. The average Bonchev–Trinajstić information content (AvgIpc) is 3.37. The number of likely N-dealkylation sites (N-methyl/N-ethyl adjacent to an activating group) is 1. The second-order valence-electron chi connectivity index (χ2n) is 12.8. The van der Waals surface area contributed by atoms with Crippen molar-refractivity contribution in [1.29, 1.82) is 0 Å². The van der Waals surface area contributed by atoms with Crippen LogP contribution in [-0.4, -0.2) is 114 Å². The standard InChI is InChI=1S/C40H67N5O4/c1-8-15-23-44(14-7)27-30-49-37-22-20-33(46)19-21-35(37)40-41-39-36(45(40)26-16-9-2)31-34(47-28-17-24-42(10-3)11-4)32-38(39)48-29-18-25-43(12-5)13-6/h19-22,31-33,46H,8-18,23-30H2,1-7H3. The minimum Gasteiger partial charge on any atom is -0.493 e. The molecule has 0 amide bonds. The van der Waals surface area contributed by atoms with Crippen LogP contribution >= 0.6 is 0 Å². The molecule has 1 atom stereocenters. The normalized spacial score (nSPS) is 15.0. The number of hydrogen-bond donors (Lipinski definition) is 1. The molecule has 9 nitrogen and oxygen atoms in total. The average molecular weight is 682 g/mol. The van der Waals surface area contributed by atoms with Gasteiger partial charge in [-0.1, -0.05) is 67.4 Å². The molecule has 0 aliphatic heterocycles. The molecule has 1 aliphatic rings. The Morgan fingerprint density at radius 3 is 1.92 bits per heavy atom. The molecule has 0 spiro atoms. The number of allylic oxidation sites excluding steroid dienone is 3. The Morgan fingerprint density at radius 2 is 1.29 bits per heavy atom. The highest BCUT2D eigenvalue weighted by atomic mass is 16.5. The molecule has 1 aromatic carbocycles. The van der Waals surface area contributed by atoms with Crippen molar-refractivity contribution in [3.63, 3.8) is 0 Å². The first-order chi connectivity index (χ1) is 23.9. The van der Waals surface area contributed by atoms with E-state index >= 15 is 0 Å². The van der Waals surface area contributed by atoms with Gasteiger partial charge < -0.3 is 38.6 Å². The molecule has 1 aliphatic carbocycles. The van der Waals surface area contributed by atoms with Gasteiger partial charge >= 0.3 is 0 Å². The minimum atomic E-state index is -0.692. The van der Waals surface area contributed by atoms with Gasteiger partial charge in [-0.15, -0.1) is 0 Å². The number of unbranched alkanes of at least 4 members (excludes halogenated alkanes) is 2. The molecule has 9 heteroatoms. The number of aliphatic hydroxyl groups excluding tert-OH is 1. The molecule has 3 rings (SSSR count). The van der Waals surface area contributed by atoms with E-state index in [1.165, 1.54) is 12.8 Å². The lowest BCUT2D eigenvalue weighted by Crippen LogP contribution is -2.28. The number of aryl methyl sites for hydroxylation is 1. The molecule has 0 bridgehead atoms. The molecule has 2 aromatic rings. The predicted molar refractivity (Wildman–Crippen MR) is 205 cm³/mol. The van der Waals surface area contributed by atoms with Crippen LogP contribution in [0, 0.1) is 0 Å². The fourth-order valence-electron chi connectivity index (χ4n) is 6.16. The molecule has 1 aromatic heterocycles. The zero-order valence-electron chi connectivity index (χ0n) is 31.9. The van der Waals surface area contributed by atoms with E-state index in [9.17, 15) is 5.11 Å². The van der Waals surface area contributed by atoms with Gasteiger partial charge in [0.2, 0.25) is 0 Å². The maximum absolute atomic E-state index is 10.6. The summed E-state index contributed by atoms with van der Waals surface area (Å²) < 4.78 is 21.7. The number of rotatable bonds is 26. The van der Waals surface area contributed by atoms with Gasteiger partial charge in [0, 0.05) is 38.3 Å². The molecule has 1 heterocycles. The number of fused-ring (bicyclic) bond motifs is 1. The first-order valence-electron chi connectivity index (χ1n) is 19.3. The van der Waals surface area contributed by atoms with Gasteiger partial charge in [-0.3, -0.25) is 0 Å². The fourth-order valence-corrected chi connectivity index (χ4v) is 6.16. The van der Waals surface area contributed by atoms with Gasteiger partial charge in [-0.2, -0.15) is 0 Å². The fraction of sp³-hybridized carbons (Fsp3) is 0.675. The van der Waals surface area contributed by atoms with Crippen LogP contribution in [0.4, 0.5) is 0 Å². The maximum atomic E-state index is 10.6. The van der Waals surface area contributed by atoms with Crippen LogP contribution in [0.2, 0.25) is 0 Å². The summed E-state index contributed by atoms with van der Waals surface area (Å²) in [4.78, 5) is 12.6. The molecule has 0 radical (unpaired) electrons. The molecule has 1 unspecified atom stereocenters. The maximum Gasteiger partial charge on any atom is 0.150 e. The molecule has 49 heavy (non-hydrogen) atoms. The lowest BCUT2D eigenvalue weighted by Gasteiger charge is -2.21. The number of imidazole rings is 1. The molecule has 0 saturated heterocycles. The second-order valence-corrected chi connectivity index (χ2v) is 12.8. The van der Waals surface area contributed by atoms with Crippen molar-refractivity contribution in [2.75, 3.05) is 78.7 Å².